The topological polar surface area (TPSA) is 67.2 Å². The van der Waals surface area contributed by atoms with E-state index < -0.39 is 0 Å². The minimum Gasteiger partial charge on any atom is -0.338 e. The number of rotatable bonds is 3. The van der Waals surface area contributed by atoms with Crippen molar-refractivity contribution in [1.29, 1.82) is 0 Å². The Hall–Kier alpha value is -1.55. The first-order valence-corrected chi connectivity index (χ1v) is 4.60. The van der Waals surface area contributed by atoms with Crippen LogP contribution in [0.2, 0.25) is 0 Å². The van der Waals surface area contributed by atoms with Gasteiger partial charge in [-0.05, 0) is 18.6 Å². The second kappa shape index (κ2) is 5.24. The summed E-state index contributed by atoms with van der Waals surface area (Å²) in [5.74, 6) is 0. The Morgan fingerprint density at radius 2 is 2.14 bits per heavy atom. The Labute approximate surface area is 83.5 Å². The van der Waals surface area contributed by atoms with Gasteiger partial charge in [-0.1, -0.05) is 18.2 Å². The Kier molecular flexibility index (Phi) is 3.94. The highest BCUT2D eigenvalue weighted by Gasteiger charge is 2.02. The lowest BCUT2D eigenvalue weighted by Gasteiger charge is -2.09. The van der Waals surface area contributed by atoms with Gasteiger partial charge < -0.3 is 16.4 Å². The first kappa shape index (κ1) is 10.5. The molecule has 14 heavy (non-hydrogen) atoms. The standard InChI is InChI=1S/C10H15N3O/c1-2-12-10(14)13-9-6-4-3-5-8(9)7-11/h3-6H,2,7,11H2,1H3,(H2,12,13,14). The van der Waals surface area contributed by atoms with Gasteiger partial charge in [-0.25, -0.2) is 4.79 Å². The van der Waals surface area contributed by atoms with Crippen LogP contribution in [0.3, 0.4) is 0 Å². The van der Waals surface area contributed by atoms with Gasteiger partial charge >= 0.3 is 6.03 Å². The van der Waals surface area contributed by atoms with E-state index >= 15 is 0 Å². The maximum Gasteiger partial charge on any atom is 0.319 e. The van der Waals surface area contributed by atoms with Crippen LogP contribution in [-0.2, 0) is 6.54 Å². The predicted molar refractivity (Wildman–Crippen MR) is 57.0 cm³/mol. The van der Waals surface area contributed by atoms with Gasteiger partial charge in [0.2, 0.25) is 0 Å². The molecule has 0 fully saturated rings. The maximum absolute atomic E-state index is 11.2. The molecule has 0 saturated carbocycles. The molecule has 4 nitrogen and oxygen atoms in total. The van der Waals surface area contributed by atoms with Crippen LogP contribution in [0.25, 0.3) is 0 Å². The van der Waals surface area contributed by atoms with E-state index in [1.807, 2.05) is 31.2 Å². The minimum atomic E-state index is -0.201. The summed E-state index contributed by atoms with van der Waals surface area (Å²) in [5.41, 5.74) is 7.22. The molecule has 1 aromatic carbocycles. The summed E-state index contributed by atoms with van der Waals surface area (Å²) in [5, 5.41) is 5.39. The van der Waals surface area contributed by atoms with E-state index in [2.05, 4.69) is 10.6 Å². The lowest BCUT2D eigenvalue weighted by molar-refractivity contribution is 0.252. The zero-order valence-electron chi connectivity index (χ0n) is 8.21. The van der Waals surface area contributed by atoms with E-state index in [0.717, 1.165) is 11.3 Å². The molecule has 76 valence electrons. The van der Waals surface area contributed by atoms with E-state index in [-0.39, 0.29) is 6.03 Å². The van der Waals surface area contributed by atoms with Crippen LogP contribution in [0.4, 0.5) is 10.5 Å². The van der Waals surface area contributed by atoms with Crippen molar-refractivity contribution >= 4 is 11.7 Å². The van der Waals surface area contributed by atoms with Crippen LogP contribution in [-0.4, -0.2) is 12.6 Å². The van der Waals surface area contributed by atoms with E-state index in [1.165, 1.54) is 0 Å². The molecule has 0 radical (unpaired) electrons. The first-order chi connectivity index (χ1) is 6.77. The van der Waals surface area contributed by atoms with Crippen molar-refractivity contribution in [2.24, 2.45) is 5.73 Å². The molecule has 4 heteroatoms. The van der Waals surface area contributed by atoms with Gasteiger partial charge in [0.15, 0.2) is 0 Å². The second-order valence-electron chi connectivity index (χ2n) is 2.85. The average Bonchev–Trinajstić information content (AvgIpc) is 2.19. The number of anilines is 1. The maximum atomic E-state index is 11.2. The van der Waals surface area contributed by atoms with Gasteiger partial charge in [0.1, 0.15) is 0 Å². The van der Waals surface area contributed by atoms with Gasteiger partial charge in [-0.3, -0.25) is 0 Å². The highest BCUT2D eigenvalue weighted by Crippen LogP contribution is 2.13. The fourth-order valence-electron chi connectivity index (χ4n) is 1.15. The van der Waals surface area contributed by atoms with E-state index in [4.69, 9.17) is 5.73 Å². The van der Waals surface area contributed by atoms with Crippen LogP contribution in [0.5, 0.6) is 0 Å². The van der Waals surface area contributed by atoms with Crippen LogP contribution in [0, 0.1) is 0 Å². The summed E-state index contributed by atoms with van der Waals surface area (Å²) < 4.78 is 0. The second-order valence-corrected chi connectivity index (χ2v) is 2.85. The number of amides is 2. The molecule has 0 aliphatic rings. The molecule has 0 spiro atoms. The number of benzene rings is 1. The minimum absolute atomic E-state index is 0.201. The van der Waals surface area contributed by atoms with Crippen molar-refractivity contribution in [1.82, 2.24) is 5.32 Å². The zero-order chi connectivity index (χ0) is 10.4. The van der Waals surface area contributed by atoms with Gasteiger partial charge in [0.05, 0.1) is 0 Å². The van der Waals surface area contributed by atoms with Crippen LogP contribution >= 0.6 is 0 Å². The molecule has 0 saturated heterocycles. The molecule has 1 aromatic rings. The fraction of sp³-hybridized carbons (Fsp3) is 0.300. The van der Waals surface area contributed by atoms with Crippen LogP contribution < -0.4 is 16.4 Å². The molecular weight excluding hydrogens is 178 g/mol. The molecule has 0 aliphatic heterocycles. The third kappa shape index (κ3) is 2.74. The average molecular weight is 193 g/mol. The van der Waals surface area contributed by atoms with Crippen molar-refractivity contribution in [3.05, 3.63) is 29.8 Å². The molecule has 2 amide bonds. The third-order valence-electron chi connectivity index (χ3n) is 1.82. The van der Waals surface area contributed by atoms with Crippen molar-refractivity contribution < 1.29 is 4.79 Å². The fourth-order valence-corrected chi connectivity index (χ4v) is 1.15. The van der Waals surface area contributed by atoms with Crippen molar-refractivity contribution in [3.63, 3.8) is 0 Å². The molecule has 1 rings (SSSR count). The number of urea groups is 1. The number of nitrogens with one attached hydrogen (secondary N) is 2. The lowest BCUT2D eigenvalue weighted by Crippen LogP contribution is -2.28. The first-order valence-electron chi connectivity index (χ1n) is 4.60. The molecule has 0 aromatic heterocycles. The Morgan fingerprint density at radius 3 is 2.79 bits per heavy atom. The molecule has 4 N–H and O–H groups in total. The van der Waals surface area contributed by atoms with Gasteiger partial charge in [-0.2, -0.15) is 0 Å². The Bertz CT molecular complexity index is 312. The Morgan fingerprint density at radius 1 is 1.43 bits per heavy atom. The normalized spacial score (nSPS) is 9.57. The Balaban J connectivity index is 2.70. The third-order valence-corrected chi connectivity index (χ3v) is 1.82. The summed E-state index contributed by atoms with van der Waals surface area (Å²) in [6, 6.07) is 7.28. The summed E-state index contributed by atoms with van der Waals surface area (Å²) in [6.45, 7) is 2.90. The number of hydrogen-bond acceptors (Lipinski definition) is 2. The molecular formula is C10H15N3O. The SMILES string of the molecule is CCNC(=O)Nc1ccccc1CN. The molecule has 0 aliphatic carbocycles. The molecule has 0 heterocycles. The predicted octanol–water partition coefficient (Wildman–Crippen LogP) is 1.29. The van der Waals surface area contributed by atoms with Crippen molar-refractivity contribution in [2.45, 2.75) is 13.5 Å². The molecule has 0 unspecified atom stereocenters. The van der Waals surface area contributed by atoms with Gasteiger partial charge in [0.25, 0.3) is 0 Å². The lowest BCUT2D eigenvalue weighted by atomic mass is 10.2. The van der Waals surface area contributed by atoms with Gasteiger partial charge in [-0.15, -0.1) is 0 Å². The number of carbonyl (C=O) groups excluding carboxylic acids is 1. The zero-order valence-corrected chi connectivity index (χ0v) is 8.21. The van der Waals surface area contributed by atoms with E-state index in [1.54, 1.807) is 0 Å². The summed E-state index contributed by atoms with van der Waals surface area (Å²) >= 11 is 0. The number of hydrogen-bond donors (Lipinski definition) is 3. The van der Waals surface area contributed by atoms with Gasteiger partial charge in [0, 0.05) is 18.8 Å². The van der Waals surface area contributed by atoms with E-state index in [9.17, 15) is 4.79 Å². The number of nitrogens with two attached hydrogens (primary N) is 1. The largest absolute Gasteiger partial charge is 0.338 e. The monoisotopic (exact) mass is 193 g/mol. The highest BCUT2D eigenvalue weighted by atomic mass is 16.2. The summed E-state index contributed by atoms with van der Waals surface area (Å²) in [7, 11) is 0. The summed E-state index contributed by atoms with van der Waals surface area (Å²) in [6.07, 6.45) is 0. The highest BCUT2D eigenvalue weighted by molar-refractivity contribution is 5.89. The molecule has 0 atom stereocenters. The molecule has 0 bridgehead atoms. The number of carbonyl (C=O) groups is 1. The van der Waals surface area contributed by atoms with Crippen molar-refractivity contribution in [2.75, 3.05) is 11.9 Å². The smallest absolute Gasteiger partial charge is 0.319 e. The van der Waals surface area contributed by atoms with Crippen LogP contribution in [0.15, 0.2) is 24.3 Å². The quantitative estimate of drug-likeness (QED) is 0.677. The van der Waals surface area contributed by atoms with Crippen molar-refractivity contribution in [3.8, 4) is 0 Å². The van der Waals surface area contributed by atoms with E-state index in [0.29, 0.717) is 13.1 Å². The summed E-state index contributed by atoms with van der Waals surface area (Å²) in [4.78, 5) is 11.2. The number of para-hydroxylation sites is 1. The van der Waals surface area contributed by atoms with Crippen LogP contribution in [0.1, 0.15) is 12.5 Å².